The standard InChI is InChI=1S/C12H13N3O4/c16-10-6-7-11(17)15(10)19-12(18)14-13-8-9-4-2-1-3-5-9/h1-5,13H,6-8H2,(H,14,18). The van der Waals surface area contributed by atoms with Crippen molar-refractivity contribution in [1.29, 1.82) is 0 Å². The van der Waals surface area contributed by atoms with Gasteiger partial charge < -0.3 is 4.84 Å². The van der Waals surface area contributed by atoms with Gasteiger partial charge in [-0.15, -0.1) is 5.06 Å². The molecule has 1 aliphatic heterocycles. The molecule has 1 fully saturated rings. The van der Waals surface area contributed by atoms with E-state index in [1.54, 1.807) is 0 Å². The van der Waals surface area contributed by atoms with Crippen molar-refractivity contribution in [2.24, 2.45) is 0 Å². The van der Waals surface area contributed by atoms with Crippen molar-refractivity contribution in [3.8, 4) is 0 Å². The summed E-state index contributed by atoms with van der Waals surface area (Å²) in [7, 11) is 0. The van der Waals surface area contributed by atoms with Gasteiger partial charge in [-0.25, -0.2) is 10.2 Å². The molecule has 0 aliphatic carbocycles. The van der Waals surface area contributed by atoms with Gasteiger partial charge in [0.25, 0.3) is 11.8 Å². The Balaban J connectivity index is 1.73. The van der Waals surface area contributed by atoms with Gasteiger partial charge in [-0.2, -0.15) is 0 Å². The highest BCUT2D eigenvalue weighted by Crippen LogP contribution is 2.11. The SMILES string of the molecule is O=C(NNCc1ccccc1)ON1C(=O)CCC1=O. The van der Waals surface area contributed by atoms with E-state index in [9.17, 15) is 14.4 Å². The Hall–Kier alpha value is -2.41. The zero-order valence-corrected chi connectivity index (χ0v) is 10.1. The number of imide groups is 1. The van der Waals surface area contributed by atoms with E-state index in [4.69, 9.17) is 0 Å². The van der Waals surface area contributed by atoms with E-state index in [2.05, 4.69) is 15.7 Å². The summed E-state index contributed by atoms with van der Waals surface area (Å²) < 4.78 is 0. The monoisotopic (exact) mass is 263 g/mol. The Morgan fingerprint density at radius 1 is 1.16 bits per heavy atom. The summed E-state index contributed by atoms with van der Waals surface area (Å²) in [5.41, 5.74) is 5.84. The first-order valence-corrected chi connectivity index (χ1v) is 5.77. The number of hydrogen-bond donors (Lipinski definition) is 2. The van der Waals surface area contributed by atoms with Gasteiger partial charge in [0.1, 0.15) is 0 Å². The maximum Gasteiger partial charge on any atom is 0.446 e. The number of amides is 3. The molecule has 1 saturated heterocycles. The van der Waals surface area contributed by atoms with Crippen LogP contribution in [0.25, 0.3) is 0 Å². The number of hydrogen-bond acceptors (Lipinski definition) is 5. The van der Waals surface area contributed by atoms with Gasteiger partial charge in [0.2, 0.25) is 0 Å². The molecule has 0 spiro atoms. The largest absolute Gasteiger partial charge is 0.446 e. The average Bonchev–Trinajstić information content (AvgIpc) is 2.72. The fourth-order valence-electron chi connectivity index (χ4n) is 1.58. The predicted molar refractivity (Wildman–Crippen MR) is 64.0 cm³/mol. The summed E-state index contributed by atoms with van der Waals surface area (Å²) in [5, 5.41) is 0.486. The lowest BCUT2D eigenvalue weighted by Gasteiger charge is -2.13. The lowest BCUT2D eigenvalue weighted by Crippen LogP contribution is -2.42. The molecule has 1 aliphatic rings. The summed E-state index contributed by atoms with van der Waals surface area (Å²) in [6.07, 6.45) is -0.757. The number of carbonyl (C=O) groups excluding carboxylic acids is 3. The molecule has 0 bridgehead atoms. The van der Waals surface area contributed by atoms with E-state index in [0.717, 1.165) is 5.56 Å². The van der Waals surface area contributed by atoms with Crippen molar-refractivity contribution in [1.82, 2.24) is 15.9 Å². The molecular weight excluding hydrogens is 250 g/mol. The zero-order chi connectivity index (χ0) is 13.7. The molecule has 0 aromatic heterocycles. The van der Waals surface area contributed by atoms with Gasteiger partial charge in [-0.3, -0.25) is 15.0 Å². The number of hydroxylamine groups is 2. The molecule has 1 aromatic rings. The second-order valence-electron chi connectivity index (χ2n) is 3.92. The van der Waals surface area contributed by atoms with Crippen molar-refractivity contribution in [3.63, 3.8) is 0 Å². The van der Waals surface area contributed by atoms with Crippen LogP contribution in [0, 0.1) is 0 Å². The Bertz CT molecular complexity index is 473. The van der Waals surface area contributed by atoms with Gasteiger partial charge in [0, 0.05) is 19.4 Å². The second-order valence-corrected chi connectivity index (χ2v) is 3.92. The number of benzene rings is 1. The molecule has 2 rings (SSSR count). The third kappa shape index (κ3) is 3.52. The fraction of sp³-hybridized carbons (Fsp3) is 0.250. The Morgan fingerprint density at radius 2 is 1.79 bits per heavy atom. The van der Waals surface area contributed by atoms with Crippen LogP contribution in [0.3, 0.4) is 0 Å². The highest BCUT2D eigenvalue weighted by molar-refractivity contribution is 6.01. The van der Waals surface area contributed by atoms with Crippen molar-refractivity contribution in [2.75, 3.05) is 0 Å². The number of rotatable bonds is 4. The first-order chi connectivity index (χ1) is 9.16. The minimum Gasteiger partial charge on any atom is -0.310 e. The van der Waals surface area contributed by atoms with Crippen LogP contribution >= 0.6 is 0 Å². The van der Waals surface area contributed by atoms with Crippen LogP contribution in [0.1, 0.15) is 18.4 Å². The second kappa shape index (κ2) is 5.96. The third-order valence-electron chi connectivity index (χ3n) is 2.51. The van der Waals surface area contributed by atoms with Crippen molar-refractivity contribution in [3.05, 3.63) is 35.9 Å². The molecule has 0 radical (unpaired) electrons. The Labute approximate surface area is 109 Å². The topological polar surface area (TPSA) is 87.7 Å². The normalized spacial score (nSPS) is 14.6. The van der Waals surface area contributed by atoms with Crippen LogP contribution in [0.2, 0.25) is 0 Å². The first-order valence-electron chi connectivity index (χ1n) is 5.77. The molecule has 7 nitrogen and oxygen atoms in total. The van der Waals surface area contributed by atoms with Crippen LogP contribution in [0.15, 0.2) is 30.3 Å². The van der Waals surface area contributed by atoms with E-state index in [1.807, 2.05) is 30.3 Å². The summed E-state index contributed by atoms with van der Waals surface area (Å²) >= 11 is 0. The van der Waals surface area contributed by atoms with E-state index in [0.29, 0.717) is 11.6 Å². The minimum absolute atomic E-state index is 0.0730. The third-order valence-corrected chi connectivity index (χ3v) is 2.51. The van der Waals surface area contributed by atoms with Crippen molar-refractivity contribution in [2.45, 2.75) is 19.4 Å². The minimum atomic E-state index is -0.903. The molecular formula is C12H13N3O4. The van der Waals surface area contributed by atoms with Crippen LogP contribution in [-0.2, 0) is 21.0 Å². The van der Waals surface area contributed by atoms with E-state index in [1.165, 1.54) is 0 Å². The van der Waals surface area contributed by atoms with Gasteiger partial charge in [0.05, 0.1) is 0 Å². The molecule has 0 atom stereocenters. The number of carbonyl (C=O) groups is 3. The summed E-state index contributed by atoms with van der Waals surface area (Å²) in [5.74, 6) is -1.02. The van der Waals surface area contributed by atoms with E-state index < -0.39 is 17.9 Å². The quantitative estimate of drug-likeness (QED) is 0.609. The number of hydrazine groups is 1. The summed E-state index contributed by atoms with van der Waals surface area (Å²) in [6.45, 7) is 0.401. The molecule has 2 N–H and O–H groups in total. The maximum absolute atomic E-state index is 11.3. The fourth-order valence-corrected chi connectivity index (χ4v) is 1.58. The lowest BCUT2D eigenvalue weighted by atomic mass is 10.2. The number of nitrogens with one attached hydrogen (secondary N) is 2. The molecule has 19 heavy (non-hydrogen) atoms. The van der Waals surface area contributed by atoms with Crippen LogP contribution in [0.4, 0.5) is 4.79 Å². The van der Waals surface area contributed by atoms with Gasteiger partial charge in [-0.05, 0) is 5.56 Å². The predicted octanol–water partition coefficient (Wildman–Crippen LogP) is 0.481. The zero-order valence-electron chi connectivity index (χ0n) is 10.1. The molecule has 7 heteroatoms. The Kier molecular flexibility index (Phi) is 4.09. The van der Waals surface area contributed by atoms with Crippen LogP contribution in [-0.4, -0.2) is 23.0 Å². The molecule has 0 unspecified atom stereocenters. The van der Waals surface area contributed by atoms with E-state index >= 15 is 0 Å². The average molecular weight is 263 g/mol. The van der Waals surface area contributed by atoms with Gasteiger partial charge in [0.15, 0.2) is 0 Å². The molecule has 100 valence electrons. The Morgan fingerprint density at radius 3 is 2.42 bits per heavy atom. The highest BCUT2D eigenvalue weighted by atomic mass is 16.7. The molecule has 1 aromatic carbocycles. The maximum atomic E-state index is 11.3. The first kappa shape index (κ1) is 13.0. The molecule has 1 heterocycles. The van der Waals surface area contributed by atoms with Crippen LogP contribution < -0.4 is 10.9 Å². The smallest absolute Gasteiger partial charge is 0.310 e. The van der Waals surface area contributed by atoms with Gasteiger partial charge in [-0.1, -0.05) is 30.3 Å². The van der Waals surface area contributed by atoms with Crippen molar-refractivity contribution < 1.29 is 19.2 Å². The van der Waals surface area contributed by atoms with E-state index in [-0.39, 0.29) is 12.8 Å². The molecule has 0 saturated carbocycles. The summed E-state index contributed by atoms with van der Waals surface area (Å²) in [4.78, 5) is 38.3. The van der Waals surface area contributed by atoms with Crippen LogP contribution in [0.5, 0.6) is 0 Å². The lowest BCUT2D eigenvalue weighted by molar-refractivity contribution is -0.171. The highest BCUT2D eigenvalue weighted by Gasteiger charge is 2.32. The van der Waals surface area contributed by atoms with Gasteiger partial charge >= 0.3 is 6.09 Å². The number of nitrogens with zero attached hydrogens (tertiary/aromatic N) is 1. The molecule has 3 amide bonds. The summed E-state index contributed by atoms with van der Waals surface area (Å²) in [6, 6.07) is 9.39. The van der Waals surface area contributed by atoms with Crippen molar-refractivity contribution >= 4 is 17.9 Å².